The molecular formula is C21H20N4O5. The Kier molecular flexibility index (Phi) is 5.91. The summed E-state index contributed by atoms with van der Waals surface area (Å²) in [4.78, 5) is 41.3. The van der Waals surface area contributed by atoms with E-state index in [2.05, 4.69) is 9.98 Å². The number of aryl methyl sites for hydroxylation is 1. The number of aromatic hydroxyl groups is 1. The first-order valence-electron chi connectivity index (χ1n) is 9.18. The second kappa shape index (κ2) is 8.56. The summed E-state index contributed by atoms with van der Waals surface area (Å²) in [7, 11) is 0. The van der Waals surface area contributed by atoms with Gasteiger partial charge in [-0.1, -0.05) is 30.3 Å². The highest BCUT2D eigenvalue weighted by atomic mass is 16.6. The molecule has 1 heterocycles. The highest BCUT2D eigenvalue weighted by Crippen LogP contribution is 2.29. The van der Waals surface area contributed by atoms with Crippen molar-refractivity contribution in [1.29, 1.82) is 0 Å². The van der Waals surface area contributed by atoms with Gasteiger partial charge in [-0.2, -0.15) is 0 Å². The molecule has 154 valence electrons. The van der Waals surface area contributed by atoms with Crippen LogP contribution in [-0.2, 0) is 13.0 Å². The van der Waals surface area contributed by atoms with E-state index in [4.69, 9.17) is 0 Å². The van der Waals surface area contributed by atoms with Gasteiger partial charge in [0.05, 0.1) is 10.6 Å². The van der Waals surface area contributed by atoms with Crippen molar-refractivity contribution < 1.29 is 10.0 Å². The highest BCUT2D eigenvalue weighted by Gasteiger charge is 2.15. The van der Waals surface area contributed by atoms with Crippen molar-refractivity contribution in [2.75, 3.05) is 0 Å². The molecule has 0 aliphatic carbocycles. The number of aromatic amines is 1. The SMILES string of the molecule is Cc1c(N=Cc2c(O)n(CCc3ccccc3)c(=O)[nH]c2=O)ccc([N+](=O)[O-])c1C. The third-order valence-corrected chi connectivity index (χ3v) is 4.93. The van der Waals surface area contributed by atoms with Crippen molar-refractivity contribution in [2.45, 2.75) is 26.8 Å². The molecule has 0 saturated heterocycles. The summed E-state index contributed by atoms with van der Waals surface area (Å²) in [5.41, 5.74) is 0.747. The molecule has 3 aromatic rings. The molecular weight excluding hydrogens is 388 g/mol. The van der Waals surface area contributed by atoms with Crippen molar-refractivity contribution in [1.82, 2.24) is 9.55 Å². The first kappa shape index (κ1) is 20.7. The molecule has 30 heavy (non-hydrogen) atoms. The van der Waals surface area contributed by atoms with Gasteiger partial charge in [0, 0.05) is 24.4 Å². The molecule has 0 radical (unpaired) electrons. The van der Waals surface area contributed by atoms with E-state index in [9.17, 15) is 24.8 Å². The summed E-state index contributed by atoms with van der Waals surface area (Å²) < 4.78 is 1.07. The summed E-state index contributed by atoms with van der Waals surface area (Å²) in [5, 5.41) is 21.6. The molecule has 2 aromatic carbocycles. The van der Waals surface area contributed by atoms with Crippen LogP contribution >= 0.6 is 0 Å². The number of aromatic nitrogens is 2. The van der Waals surface area contributed by atoms with Crippen LogP contribution < -0.4 is 11.2 Å². The van der Waals surface area contributed by atoms with Crippen LogP contribution in [0.4, 0.5) is 11.4 Å². The molecule has 0 spiro atoms. The van der Waals surface area contributed by atoms with E-state index in [-0.39, 0.29) is 17.8 Å². The van der Waals surface area contributed by atoms with Gasteiger partial charge >= 0.3 is 5.69 Å². The molecule has 0 fully saturated rings. The fourth-order valence-corrected chi connectivity index (χ4v) is 3.05. The van der Waals surface area contributed by atoms with Crippen molar-refractivity contribution in [2.24, 2.45) is 4.99 Å². The second-order valence-electron chi connectivity index (χ2n) is 6.75. The summed E-state index contributed by atoms with van der Waals surface area (Å²) in [6, 6.07) is 12.2. The van der Waals surface area contributed by atoms with E-state index in [0.717, 1.165) is 16.3 Å². The number of nitrogens with one attached hydrogen (secondary N) is 1. The van der Waals surface area contributed by atoms with E-state index >= 15 is 0 Å². The second-order valence-corrected chi connectivity index (χ2v) is 6.75. The van der Waals surface area contributed by atoms with E-state index in [1.54, 1.807) is 13.8 Å². The lowest BCUT2D eigenvalue weighted by Crippen LogP contribution is -2.32. The topological polar surface area (TPSA) is 131 Å². The van der Waals surface area contributed by atoms with Crippen LogP contribution in [0.15, 0.2) is 57.0 Å². The smallest absolute Gasteiger partial charge is 0.331 e. The van der Waals surface area contributed by atoms with Crippen LogP contribution in [-0.4, -0.2) is 25.8 Å². The number of nitro groups is 1. The Labute approximate surface area is 171 Å². The zero-order valence-corrected chi connectivity index (χ0v) is 16.5. The standard InChI is InChI=1S/C21H20N4O5/c1-13-14(2)18(25(29)30)9-8-17(13)22-12-16-19(26)23-21(28)24(20(16)27)11-10-15-6-4-3-5-7-15/h3-9,12,27H,10-11H2,1-2H3,(H,23,26,28). The first-order valence-corrected chi connectivity index (χ1v) is 9.18. The van der Waals surface area contributed by atoms with E-state index < -0.39 is 22.1 Å². The number of nitrogens with zero attached hydrogens (tertiary/aromatic N) is 3. The number of aliphatic imine (C=N–C) groups is 1. The van der Waals surface area contributed by atoms with Gasteiger partial charge in [-0.3, -0.25) is 29.5 Å². The van der Waals surface area contributed by atoms with Gasteiger partial charge in [-0.25, -0.2) is 4.79 Å². The summed E-state index contributed by atoms with van der Waals surface area (Å²) in [5.74, 6) is -0.486. The molecule has 0 atom stereocenters. The Morgan fingerprint density at radius 3 is 2.50 bits per heavy atom. The highest BCUT2D eigenvalue weighted by molar-refractivity contribution is 5.84. The third kappa shape index (κ3) is 4.19. The van der Waals surface area contributed by atoms with Crippen LogP contribution in [0.25, 0.3) is 0 Å². The van der Waals surface area contributed by atoms with Crippen molar-refractivity contribution in [3.8, 4) is 5.88 Å². The van der Waals surface area contributed by atoms with Gasteiger partial charge in [-0.05, 0) is 37.5 Å². The lowest BCUT2D eigenvalue weighted by Gasteiger charge is -2.10. The average molecular weight is 408 g/mol. The van der Waals surface area contributed by atoms with Crippen LogP contribution in [0.2, 0.25) is 0 Å². The third-order valence-electron chi connectivity index (χ3n) is 4.93. The van der Waals surface area contributed by atoms with Gasteiger partial charge in [0.1, 0.15) is 5.56 Å². The van der Waals surface area contributed by atoms with E-state index in [0.29, 0.717) is 23.2 Å². The molecule has 9 nitrogen and oxygen atoms in total. The van der Waals surface area contributed by atoms with Crippen molar-refractivity contribution in [3.05, 3.63) is 95.7 Å². The maximum atomic E-state index is 12.2. The lowest BCUT2D eigenvalue weighted by atomic mass is 10.1. The predicted molar refractivity (Wildman–Crippen MR) is 113 cm³/mol. The molecule has 2 N–H and O–H groups in total. The lowest BCUT2D eigenvalue weighted by molar-refractivity contribution is -0.385. The number of nitro benzene ring substituents is 1. The number of benzene rings is 2. The number of hydrogen-bond donors (Lipinski definition) is 2. The molecule has 0 amide bonds. The number of rotatable bonds is 6. The zero-order chi connectivity index (χ0) is 21.8. The summed E-state index contributed by atoms with van der Waals surface area (Å²) >= 11 is 0. The van der Waals surface area contributed by atoms with Crippen LogP contribution in [0.3, 0.4) is 0 Å². The predicted octanol–water partition coefficient (Wildman–Crippen LogP) is 2.76. The van der Waals surface area contributed by atoms with Gasteiger partial charge < -0.3 is 5.11 Å². The van der Waals surface area contributed by atoms with Gasteiger partial charge in [0.15, 0.2) is 0 Å². The molecule has 0 saturated carbocycles. The largest absolute Gasteiger partial charge is 0.494 e. The Balaban J connectivity index is 1.95. The fourth-order valence-electron chi connectivity index (χ4n) is 3.05. The molecule has 0 unspecified atom stereocenters. The minimum atomic E-state index is -0.770. The molecule has 0 aliphatic rings. The van der Waals surface area contributed by atoms with Crippen molar-refractivity contribution in [3.63, 3.8) is 0 Å². The number of H-pyrrole nitrogens is 1. The zero-order valence-electron chi connectivity index (χ0n) is 16.5. The summed E-state index contributed by atoms with van der Waals surface area (Å²) in [6.45, 7) is 3.46. The molecule has 1 aromatic heterocycles. The Morgan fingerprint density at radius 2 is 1.83 bits per heavy atom. The van der Waals surface area contributed by atoms with E-state index in [1.165, 1.54) is 12.1 Å². The van der Waals surface area contributed by atoms with Gasteiger partial charge in [-0.15, -0.1) is 0 Å². The quantitative estimate of drug-likeness (QED) is 0.368. The van der Waals surface area contributed by atoms with Gasteiger partial charge in [0.2, 0.25) is 5.88 Å². The molecule has 9 heteroatoms. The minimum Gasteiger partial charge on any atom is -0.494 e. The fraction of sp³-hybridized carbons (Fsp3) is 0.190. The average Bonchev–Trinajstić information content (AvgIpc) is 2.71. The maximum Gasteiger partial charge on any atom is 0.331 e. The van der Waals surface area contributed by atoms with Gasteiger partial charge in [0.25, 0.3) is 11.2 Å². The van der Waals surface area contributed by atoms with Crippen LogP contribution in [0.5, 0.6) is 5.88 Å². The van der Waals surface area contributed by atoms with Crippen LogP contribution in [0, 0.1) is 24.0 Å². The van der Waals surface area contributed by atoms with Crippen molar-refractivity contribution >= 4 is 17.6 Å². The molecule has 0 bridgehead atoms. The molecule has 0 aliphatic heterocycles. The monoisotopic (exact) mass is 408 g/mol. The molecule has 3 rings (SSSR count). The Hall–Kier alpha value is -4.01. The Bertz CT molecular complexity index is 1240. The summed E-state index contributed by atoms with van der Waals surface area (Å²) in [6.07, 6.45) is 1.64. The first-order chi connectivity index (χ1) is 14.3. The Morgan fingerprint density at radius 1 is 1.13 bits per heavy atom. The van der Waals surface area contributed by atoms with E-state index in [1.807, 2.05) is 30.3 Å². The number of hydrogen-bond acceptors (Lipinski definition) is 6. The normalized spacial score (nSPS) is 11.1. The minimum absolute atomic E-state index is 0.0263. The van der Waals surface area contributed by atoms with Crippen LogP contribution in [0.1, 0.15) is 22.3 Å². The maximum absolute atomic E-state index is 12.2.